The standard InChI is InChI=1S/C19H19ClN4O4/c1-11-16(12(2)24-19(23-11)21-9-22-24)3-4-17(25)27-8-14-6-15(20)5-13-7-26-10-28-18(13)14/h5-6,9H,3-4,7-8,10H2,1-2H3. The van der Waals surface area contributed by atoms with Gasteiger partial charge in [0.15, 0.2) is 6.79 Å². The van der Waals surface area contributed by atoms with Crippen molar-refractivity contribution < 1.29 is 19.0 Å². The van der Waals surface area contributed by atoms with Crippen molar-refractivity contribution in [1.29, 1.82) is 0 Å². The summed E-state index contributed by atoms with van der Waals surface area (Å²) in [6.07, 6.45) is 2.21. The predicted octanol–water partition coefficient (Wildman–Crippen LogP) is 2.94. The Morgan fingerprint density at radius 1 is 1.36 bits per heavy atom. The van der Waals surface area contributed by atoms with Crippen molar-refractivity contribution in [3.05, 3.63) is 51.6 Å². The molecule has 3 heterocycles. The van der Waals surface area contributed by atoms with Crippen molar-refractivity contribution >= 4 is 23.3 Å². The first-order valence-electron chi connectivity index (χ1n) is 8.86. The average molecular weight is 403 g/mol. The maximum Gasteiger partial charge on any atom is 0.306 e. The second kappa shape index (κ2) is 7.73. The van der Waals surface area contributed by atoms with E-state index in [0.29, 0.717) is 29.6 Å². The van der Waals surface area contributed by atoms with Crippen LogP contribution in [0.25, 0.3) is 5.78 Å². The van der Waals surface area contributed by atoms with Gasteiger partial charge >= 0.3 is 5.97 Å². The van der Waals surface area contributed by atoms with Gasteiger partial charge in [-0.25, -0.2) is 9.50 Å². The fraction of sp³-hybridized carbons (Fsp3) is 0.368. The molecular formula is C19H19ClN4O4. The van der Waals surface area contributed by atoms with Crippen LogP contribution >= 0.6 is 11.6 Å². The van der Waals surface area contributed by atoms with Crippen LogP contribution in [0.2, 0.25) is 5.02 Å². The fourth-order valence-electron chi connectivity index (χ4n) is 3.34. The Bertz CT molecular complexity index is 1050. The van der Waals surface area contributed by atoms with E-state index in [0.717, 1.165) is 28.1 Å². The molecule has 28 heavy (non-hydrogen) atoms. The van der Waals surface area contributed by atoms with E-state index < -0.39 is 0 Å². The first kappa shape index (κ1) is 18.6. The Hall–Kier alpha value is -2.71. The number of fused-ring (bicyclic) bond motifs is 2. The molecule has 1 aromatic carbocycles. The van der Waals surface area contributed by atoms with Crippen LogP contribution in [0.3, 0.4) is 0 Å². The number of carbonyl (C=O) groups excluding carboxylic acids is 1. The SMILES string of the molecule is Cc1nc2ncnn2c(C)c1CCC(=O)OCc1cc(Cl)cc2c1OCOC2. The van der Waals surface area contributed by atoms with Gasteiger partial charge in [-0.15, -0.1) is 0 Å². The van der Waals surface area contributed by atoms with Crippen LogP contribution in [0.5, 0.6) is 5.75 Å². The molecule has 0 spiro atoms. The molecule has 0 radical (unpaired) electrons. The van der Waals surface area contributed by atoms with E-state index in [4.69, 9.17) is 25.8 Å². The first-order valence-corrected chi connectivity index (χ1v) is 9.24. The highest BCUT2D eigenvalue weighted by Crippen LogP contribution is 2.32. The van der Waals surface area contributed by atoms with Crippen molar-refractivity contribution in [3.63, 3.8) is 0 Å². The van der Waals surface area contributed by atoms with Crippen LogP contribution in [-0.2, 0) is 33.9 Å². The summed E-state index contributed by atoms with van der Waals surface area (Å²) >= 11 is 6.14. The zero-order chi connectivity index (χ0) is 19.7. The Kier molecular flexibility index (Phi) is 5.15. The summed E-state index contributed by atoms with van der Waals surface area (Å²) in [5.41, 5.74) is 4.31. The number of esters is 1. The molecule has 0 aliphatic carbocycles. The fourth-order valence-corrected chi connectivity index (χ4v) is 3.60. The zero-order valence-electron chi connectivity index (χ0n) is 15.6. The summed E-state index contributed by atoms with van der Waals surface area (Å²) in [5, 5.41) is 4.72. The Morgan fingerprint density at radius 3 is 3.07 bits per heavy atom. The summed E-state index contributed by atoms with van der Waals surface area (Å²) in [5.74, 6) is 0.922. The third kappa shape index (κ3) is 3.65. The van der Waals surface area contributed by atoms with Gasteiger partial charge in [-0.3, -0.25) is 4.79 Å². The third-order valence-electron chi connectivity index (χ3n) is 4.71. The number of rotatable bonds is 5. The van der Waals surface area contributed by atoms with Crippen molar-refractivity contribution in [2.24, 2.45) is 0 Å². The lowest BCUT2D eigenvalue weighted by molar-refractivity contribution is -0.145. The van der Waals surface area contributed by atoms with Gasteiger partial charge < -0.3 is 14.2 Å². The first-order chi connectivity index (χ1) is 13.5. The molecule has 1 aliphatic heterocycles. The monoisotopic (exact) mass is 402 g/mol. The van der Waals surface area contributed by atoms with E-state index in [1.54, 1.807) is 16.6 Å². The van der Waals surface area contributed by atoms with Gasteiger partial charge in [0.05, 0.1) is 6.61 Å². The van der Waals surface area contributed by atoms with Crippen molar-refractivity contribution in [2.45, 2.75) is 39.9 Å². The van der Waals surface area contributed by atoms with Crippen LogP contribution in [0.1, 0.15) is 34.5 Å². The number of ether oxygens (including phenoxy) is 3. The molecule has 0 N–H and O–H groups in total. The van der Waals surface area contributed by atoms with Gasteiger partial charge in [-0.1, -0.05) is 11.6 Å². The molecule has 0 atom stereocenters. The molecule has 0 bridgehead atoms. The lowest BCUT2D eigenvalue weighted by Crippen LogP contribution is -2.15. The van der Waals surface area contributed by atoms with Crippen LogP contribution in [0.4, 0.5) is 0 Å². The van der Waals surface area contributed by atoms with Gasteiger partial charge in [-0.2, -0.15) is 10.1 Å². The van der Waals surface area contributed by atoms with Gasteiger partial charge in [0.2, 0.25) is 0 Å². The molecule has 0 saturated heterocycles. The van der Waals surface area contributed by atoms with Gasteiger partial charge in [0.25, 0.3) is 5.78 Å². The summed E-state index contributed by atoms with van der Waals surface area (Å²) in [6.45, 7) is 4.54. The minimum absolute atomic E-state index is 0.0973. The van der Waals surface area contributed by atoms with E-state index in [1.807, 2.05) is 13.8 Å². The van der Waals surface area contributed by atoms with Gasteiger partial charge in [0.1, 0.15) is 18.7 Å². The van der Waals surface area contributed by atoms with E-state index >= 15 is 0 Å². The minimum atomic E-state index is -0.307. The smallest absolute Gasteiger partial charge is 0.306 e. The lowest BCUT2D eigenvalue weighted by Gasteiger charge is -2.21. The van der Waals surface area contributed by atoms with Gasteiger partial charge in [0, 0.05) is 34.0 Å². The second-order valence-electron chi connectivity index (χ2n) is 6.56. The Labute approximate surface area is 166 Å². The number of nitrogens with zero attached hydrogens (tertiary/aromatic N) is 4. The molecule has 0 saturated carbocycles. The van der Waals surface area contributed by atoms with Crippen LogP contribution in [-0.4, -0.2) is 32.3 Å². The van der Waals surface area contributed by atoms with Gasteiger partial charge in [-0.05, 0) is 38.0 Å². The largest absolute Gasteiger partial charge is 0.467 e. The van der Waals surface area contributed by atoms with E-state index in [9.17, 15) is 4.79 Å². The molecule has 0 unspecified atom stereocenters. The summed E-state index contributed by atoms with van der Waals surface area (Å²) in [4.78, 5) is 20.8. The highest BCUT2D eigenvalue weighted by atomic mass is 35.5. The molecule has 8 nitrogen and oxygen atoms in total. The molecule has 0 amide bonds. The van der Waals surface area contributed by atoms with Crippen molar-refractivity contribution in [3.8, 4) is 5.75 Å². The normalized spacial score (nSPS) is 13.2. The second-order valence-corrected chi connectivity index (χ2v) is 6.99. The number of hydrogen-bond donors (Lipinski definition) is 0. The van der Waals surface area contributed by atoms with E-state index in [2.05, 4.69) is 15.1 Å². The van der Waals surface area contributed by atoms with E-state index in [1.165, 1.54) is 6.33 Å². The maximum atomic E-state index is 12.3. The number of aryl methyl sites for hydroxylation is 2. The van der Waals surface area contributed by atoms with Crippen LogP contribution in [0, 0.1) is 13.8 Å². The number of benzene rings is 1. The van der Waals surface area contributed by atoms with Crippen LogP contribution < -0.4 is 4.74 Å². The van der Waals surface area contributed by atoms with Crippen molar-refractivity contribution in [2.75, 3.05) is 6.79 Å². The third-order valence-corrected chi connectivity index (χ3v) is 4.93. The minimum Gasteiger partial charge on any atom is -0.467 e. The Morgan fingerprint density at radius 2 is 2.21 bits per heavy atom. The molecule has 1 aliphatic rings. The topological polar surface area (TPSA) is 87.8 Å². The highest BCUT2D eigenvalue weighted by Gasteiger charge is 2.18. The molecule has 9 heteroatoms. The predicted molar refractivity (Wildman–Crippen MR) is 100 cm³/mol. The Balaban J connectivity index is 1.42. The molecule has 3 aromatic rings. The number of hydrogen-bond acceptors (Lipinski definition) is 7. The molecule has 4 rings (SSSR count). The quantitative estimate of drug-likeness (QED) is 0.606. The van der Waals surface area contributed by atoms with Crippen LogP contribution in [0.15, 0.2) is 18.5 Å². The van der Waals surface area contributed by atoms with Crippen molar-refractivity contribution in [1.82, 2.24) is 19.6 Å². The maximum absolute atomic E-state index is 12.3. The molecule has 2 aromatic heterocycles. The number of carbonyl (C=O) groups is 1. The molecule has 146 valence electrons. The average Bonchev–Trinajstić information content (AvgIpc) is 3.14. The highest BCUT2D eigenvalue weighted by molar-refractivity contribution is 6.30. The molecule has 0 fully saturated rings. The lowest BCUT2D eigenvalue weighted by atomic mass is 10.1. The summed E-state index contributed by atoms with van der Waals surface area (Å²) in [7, 11) is 0. The summed E-state index contributed by atoms with van der Waals surface area (Å²) in [6, 6.07) is 3.54. The van der Waals surface area contributed by atoms with E-state index in [-0.39, 0.29) is 25.8 Å². The number of halogens is 1. The zero-order valence-corrected chi connectivity index (χ0v) is 16.3. The number of aromatic nitrogens is 4. The summed E-state index contributed by atoms with van der Waals surface area (Å²) < 4.78 is 17.9. The molecular weight excluding hydrogens is 384 g/mol.